The van der Waals surface area contributed by atoms with Crippen LogP contribution < -0.4 is 4.74 Å². The number of amides is 1. The van der Waals surface area contributed by atoms with Crippen molar-refractivity contribution in [3.05, 3.63) is 59.9 Å². The molecule has 0 aliphatic heterocycles. The molecule has 1 aromatic carbocycles. The van der Waals surface area contributed by atoms with Crippen LogP contribution in [0.4, 0.5) is 0 Å². The molecule has 0 N–H and O–H groups in total. The Morgan fingerprint density at radius 3 is 2.36 bits per heavy atom. The minimum Gasteiger partial charge on any atom is -0.497 e. The van der Waals surface area contributed by atoms with E-state index in [1.165, 1.54) is 0 Å². The maximum atomic E-state index is 12.8. The van der Waals surface area contributed by atoms with Crippen LogP contribution in [0.15, 0.2) is 48.8 Å². The van der Waals surface area contributed by atoms with Gasteiger partial charge in [-0.2, -0.15) is 0 Å². The minimum absolute atomic E-state index is 0.150. The first-order valence-corrected chi connectivity index (χ1v) is 8.12. The second-order valence-electron chi connectivity index (χ2n) is 5.37. The van der Waals surface area contributed by atoms with E-state index in [-0.39, 0.29) is 24.8 Å². The van der Waals surface area contributed by atoms with E-state index in [9.17, 15) is 9.59 Å². The molecule has 0 bridgehead atoms. The van der Waals surface area contributed by atoms with Crippen LogP contribution in [0.1, 0.15) is 29.3 Å². The molecule has 25 heavy (non-hydrogen) atoms. The van der Waals surface area contributed by atoms with Crippen LogP contribution in [0, 0.1) is 0 Å². The zero-order valence-corrected chi connectivity index (χ0v) is 14.5. The van der Waals surface area contributed by atoms with Gasteiger partial charge in [0.1, 0.15) is 5.75 Å². The number of carbonyl (C=O) groups excluding carboxylic acids is 2. The molecular formula is C19H22N2O4. The largest absolute Gasteiger partial charge is 0.497 e. The normalized spacial score (nSPS) is 10.2. The summed E-state index contributed by atoms with van der Waals surface area (Å²) < 4.78 is 10.1. The van der Waals surface area contributed by atoms with Crippen LogP contribution in [-0.2, 0) is 16.1 Å². The van der Waals surface area contributed by atoms with Crippen LogP contribution in [0.25, 0.3) is 0 Å². The average molecular weight is 342 g/mol. The first-order chi connectivity index (χ1) is 12.1. The molecule has 0 fully saturated rings. The Bertz CT molecular complexity index is 686. The van der Waals surface area contributed by atoms with E-state index in [2.05, 4.69) is 4.98 Å². The summed E-state index contributed by atoms with van der Waals surface area (Å²) in [6.07, 6.45) is 3.30. The molecule has 0 radical (unpaired) electrons. The highest BCUT2D eigenvalue weighted by molar-refractivity contribution is 5.94. The summed E-state index contributed by atoms with van der Waals surface area (Å²) in [5.41, 5.74) is 1.49. The van der Waals surface area contributed by atoms with Crippen molar-refractivity contribution in [3.63, 3.8) is 0 Å². The predicted molar refractivity (Wildman–Crippen MR) is 93.2 cm³/mol. The van der Waals surface area contributed by atoms with E-state index in [1.54, 1.807) is 43.5 Å². The molecule has 1 aromatic heterocycles. The third kappa shape index (κ3) is 5.60. The Kier molecular flexibility index (Phi) is 6.95. The van der Waals surface area contributed by atoms with Crippen LogP contribution in [0.2, 0.25) is 0 Å². The highest BCUT2D eigenvalue weighted by atomic mass is 16.5. The van der Waals surface area contributed by atoms with Gasteiger partial charge < -0.3 is 14.4 Å². The SMILES string of the molecule is CCOC(=O)CCN(Cc1ccc(OC)cc1)C(=O)c1ccncc1. The lowest BCUT2D eigenvalue weighted by Gasteiger charge is -2.22. The van der Waals surface area contributed by atoms with Crippen molar-refractivity contribution in [2.75, 3.05) is 20.3 Å². The molecule has 6 nitrogen and oxygen atoms in total. The maximum absolute atomic E-state index is 12.8. The topological polar surface area (TPSA) is 68.7 Å². The Morgan fingerprint density at radius 1 is 1.08 bits per heavy atom. The van der Waals surface area contributed by atoms with Gasteiger partial charge in [0.2, 0.25) is 0 Å². The fourth-order valence-electron chi connectivity index (χ4n) is 2.34. The smallest absolute Gasteiger partial charge is 0.307 e. The van der Waals surface area contributed by atoms with Gasteiger partial charge in [-0.3, -0.25) is 14.6 Å². The summed E-state index contributed by atoms with van der Waals surface area (Å²) in [4.78, 5) is 30.0. The standard InChI is InChI=1S/C19H22N2O4/c1-3-25-18(22)10-13-21(19(23)16-8-11-20-12-9-16)14-15-4-6-17(24-2)7-5-15/h4-9,11-12H,3,10,13-14H2,1-2H3. The van der Waals surface area contributed by atoms with Gasteiger partial charge in [0.05, 0.1) is 20.1 Å². The molecule has 2 rings (SSSR count). The summed E-state index contributed by atoms with van der Waals surface area (Å²) >= 11 is 0. The van der Waals surface area contributed by atoms with Crippen molar-refractivity contribution < 1.29 is 19.1 Å². The van der Waals surface area contributed by atoms with Gasteiger partial charge in [-0.25, -0.2) is 0 Å². The first kappa shape index (κ1) is 18.4. The zero-order chi connectivity index (χ0) is 18.1. The van der Waals surface area contributed by atoms with Gasteiger partial charge in [0.15, 0.2) is 0 Å². The van der Waals surface area contributed by atoms with Crippen LogP contribution in [-0.4, -0.2) is 42.0 Å². The van der Waals surface area contributed by atoms with Crippen LogP contribution in [0.3, 0.4) is 0 Å². The molecule has 1 heterocycles. The highest BCUT2D eigenvalue weighted by Crippen LogP contribution is 2.15. The van der Waals surface area contributed by atoms with Gasteiger partial charge in [0, 0.05) is 31.0 Å². The van der Waals surface area contributed by atoms with Crippen molar-refractivity contribution in [1.29, 1.82) is 0 Å². The number of carbonyl (C=O) groups is 2. The fourth-order valence-corrected chi connectivity index (χ4v) is 2.34. The number of hydrogen-bond acceptors (Lipinski definition) is 5. The van der Waals surface area contributed by atoms with Gasteiger partial charge >= 0.3 is 5.97 Å². The van der Waals surface area contributed by atoms with Crippen LogP contribution >= 0.6 is 0 Å². The van der Waals surface area contributed by atoms with Crippen molar-refractivity contribution in [2.45, 2.75) is 19.9 Å². The Labute approximate surface area is 147 Å². The lowest BCUT2D eigenvalue weighted by Crippen LogP contribution is -2.33. The fraction of sp³-hybridized carbons (Fsp3) is 0.316. The second kappa shape index (κ2) is 9.42. The van der Waals surface area contributed by atoms with Crippen molar-refractivity contribution in [1.82, 2.24) is 9.88 Å². The van der Waals surface area contributed by atoms with Gasteiger partial charge in [-0.1, -0.05) is 12.1 Å². The number of benzene rings is 1. The lowest BCUT2D eigenvalue weighted by molar-refractivity contribution is -0.143. The monoisotopic (exact) mass is 342 g/mol. The minimum atomic E-state index is -0.315. The quantitative estimate of drug-likeness (QED) is 0.690. The third-order valence-corrected chi connectivity index (χ3v) is 3.64. The number of rotatable bonds is 8. The number of nitrogens with zero attached hydrogens (tertiary/aromatic N) is 2. The molecule has 0 atom stereocenters. The molecule has 0 aliphatic rings. The van der Waals surface area contributed by atoms with Gasteiger partial charge in [-0.15, -0.1) is 0 Å². The zero-order valence-electron chi connectivity index (χ0n) is 14.5. The summed E-state index contributed by atoms with van der Waals surface area (Å²) in [7, 11) is 1.60. The predicted octanol–water partition coefficient (Wildman–Crippen LogP) is 2.69. The van der Waals surface area contributed by atoms with Gasteiger partial charge in [-0.05, 0) is 36.8 Å². The molecule has 0 unspecified atom stereocenters. The molecule has 2 aromatic rings. The number of hydrogen-bond donors (Lipinski definition) is 0. The van der Waals surface area contributed by atoms with Crippen molar-refractivity contribution in [2.24, 2.45) is 0 Å². The van der Waals surface area contributed by atoms with Crippen LogP contribution in [0.5, 0.6) is 5.75 Å². The molecule has 132 valence electrons. The summed E-state index contributed by atoms with van der Waals surface area (Å²) in [5, 5.41) is 0. The number of pyridine rings is 1. The van der Waals surface area contributed by atoms with Crippen molar-refractivity contribution >= 4 is 11.9 Å². The summed E-state index contributed by atoms with van der Waals surface area (Å²) in [5.74, 6) is 0.287. The average Bonchev–Trinajstić information content (AvgIpc) is 2.66. The van der Waals surface area contributed by atoms with Crippen molar-refractivity contribution in [3.8, 4) is 5.75 Å². The highest BCUT2D eigenvalue weighted by Gasteiger charge is 2.17. The molecule has 1 amide bonds. The molecule has 0 saturated heterocycles. The second-order valence-corrected chi connectivity index (χ2v) is 5.37. The molecule has 0 spiro atoms. The summed E-state index contributed by atoms with van der Waals surface area (Å²) in [6.45, 7) is 2.77. The molecule has 0 saturated carbocycles. The Hall–Kier alpha value is -2.89. The van der Waals surface area contributed by atoms with E-state index in [0.29, 0.717) is 18.7 Å². The van der Waals surface area contributed by atoms with E-state index in [0.717, 1.165) is 11.3 Å². The first-order valence-electron chi connectivity index (χ1n) is 8.12. The summed E-state index contributed by atoms with van der Waals surface area (Å²) in [6, 6.07) is 10.8. The molecular weight excluding hydrogens is 320 g/mol. The molecule has 0 aliphatic carbocycles. The van der Waals surface area contributed by atoms with E-state index in [4.69, 9.17) is 9.47 Å². The van der Waals surface area contributed by atoms with E-state index >= 15 is 0 Å². The van der Waals surface area contributed by atoms with E-state index in [1.807, 2.05) is 24.3 Å². The molecule has 6 heteroatoms. The number of aromatic nitrogens is 1. The van der Waals surface area contributed by atoms with E-state index < -0.39 is 0 Å². The third-order valence-electron chi connectivity index (χ3n) is 3.64. The number of ether oxygens (including phenoxy) is 2. The maximum Gasteiger partial charge on any atom is 0.307 e. The number of methoxy groups -OCH3 is 1. The van der Waals surface area contributed by atoms with Gasteiger partial charge in [0.25, 0.3) is 5.91 Å². The number of esters is 1. The lowest BCUT2D eigenvalue weighted by atomic mass is 10.1. The Balaban J connectivity index is 2.12. The Morgan fingerprint density at radius 2 is 1.76 bits per heavy atom.